The second-order valence-electron chi connectivity index (χ2n) is 2.25. The Balaban J connectivity index is 3.40. The molecule has 0 aliphatic rings. The number of benzene rings is 1. The maximum absolute atomic E-state index is 10.4. The molecule has 0 radical (unpaired) electrons. The molecular formula is C8H7BrO2. The fraction of sp³-hybridized carbons (Fsp3) is 0.125. The summed E-state index contributed by atoms with van der Waals surface area (Å²) in [6.07, 6.45) is 0.631. The fourth-order valence-corrected chi connectivity index (χ4v) is 1.23. The number of carbonyl (C=O) groups excluding carboxylic acids is 1. The highest BCUT2D eigenvalue weighted by Gasteiger charge is 2.06. The first kappa shape index (κ1) is 8.27. The van der Waals surface area contributed by atoms with E-state index in [0.29, 0.717) is 16.3 Å². The van der Waals surface area contributed by atoms with Crippen LogP contribution in [0.4, 0.5) is 0 Å². The lowest BCUT2D eigenvalue weighted by Gasteiger charge is -2.02. The number of rotatable bonds is 1. The van der Waals surface area contributed by atoms with Crippen molar-refractivity contribution < 1.29 is 9.90 Å². The molecule has 0 atom stereocenters. The van der Waals surface area contributed by atoms with Crippen LogP contribution in [-0.2, 0) is 0 Å². The standard InChI is InChI=1S/C8H7BrO2/c1-5-2-3-7(11)6(4-10)8(5)9/h2-4,11H,1H3. The molecular weight excluding hydrogens is 208 g/mol. The van der Waals surface area contributed by atoms with Gasteiger partial charge in [0, 0.05) is 4.47 Å². The molecule has 0 aromatic heterocycles. The zero-order valence-electron chi connectivity index (χ0n) is 5.97. The molecule has 11 heavy (non-hydrogen) atoms. The maximum Gasteiger partial charge on any atom is 0.154 e. The number of hydrogen-bond acceptors (Lipinski definition) is 2. The summed E-state index contributed by atoms with van der Waals surface area (Å²) < 4.78 is 0.660. The average molecular weight is 215 g/mol. The summed E-state index contributed by atoms with van der Waals surface area (Å²) in [6.45, 7) is 1.86. The molecule has 0 heterocycles. The van der Waals surface area contributed by atoms with E-state index in [-0.39, 0.29) is 5.75 Å². The number of halogens is 1. The van der Waals surface area contributed by atoms with Crippen LogP contribution in [0.15, 0.2) is 16.6 Å². The van der Waals surface area contributed by atoms with Crippen LogP contribution in [0.2, 0.25) is 0 Å². The number of phenolic OH excluding ortho intramolecular Hbond substituents is 1. The molecule has 2 nitrogen and oxygen atoms in total. The molecule has 0 amide bonds. The van der Waals surface area contributed by atoms with Crippen LogP contribution in [0.1, 0.15) is 15.9 Å². The van der Waals surface area contributed by atoms with Crippen molar-refractivity contribution in [3.05, 3.63) is 27.7 Å². The highest BCUT2D eigenvalue weighted by atomic mass is 79.9. The van der Waals surface area contributed by atoms with Gasteiger partial charge in [0.2, 0.25) is 0 Å². The van der Waals surface area contributed by atoms with Gasteiger partial charge >= 0.3 is 0 Å². The average Bonchev–Trinajstić information content (AvgIpc) is 1.99. The Bertz CT molecular complexity index is 294. The molecule has 1 aromatic rings. The van der Waals surface area contributed by atoms with Crippen molar-refractivity contribution >= 4 is 22.2 Å². The third-order valence-corrected chi connectivity index (χ3v) is 2.52. The zero-order valence-corrected chi connectivity index (χ0v) is 7.55. The van der Waals surface area contributed by atoms with Crippen LogP contribution in [-0.4, -0.2) is 11.4 Å². The SMILES string of the molecule is Cc1ccc(O)c(C=O)c1Br. The van der Waals surface area contributed by atoms with Crippen molar-refractivity contribution in [1.82, 2.24) is 0 Å². The van der Waals surface area contributed by atoms with Gasteiger partial charge in [0.05, 0.1) is 5.56 Å². The molecule has 0 unspecified atom stereocenters. The fourth-order valence-electron chi connectivity index (χ4n) is 0.804. The van der Waals surface area contributed by atoms with Crippen LogP contribution in [0, 0.1) is 6.92 Å². The Hall–Kier alpha value is -0.830. The van der Waals surface area contributed by atoms with Crippen molar-refractivity contribution in [2.24, 2.45) is 0 Å². The van der Waals surface area contributed by atoms with Gasteiger partial charge in [-0.2, -0.15) is 0 Å². The highest BCUT2D eigenvalue weighted by molar-refractivity contribution is 9.10. The molecule has 0 bridgehead atoms. The molecule has 58 valence electrons. The van der Waals surface area contributed by atoms with Gasteiger partial charge in [-0.15, -0.1) is 0 Å². The summed E-state index contributed by atoms with van der Waals surface area (Å²) in [7, 11) is 0. The van der Waals surface area contributed by atoms with Crippen LogP contribution >= 0.6 is 15.9 Å². The molecule has 3 heteroatoms. The van der Waals surface area contributed by atoms with Gasteiger partial charge in [-0.25, -0.2) is 0 Å². The summed E-state index contributed by atoms with van der Waals surface area (Å²) in [5.41, 5.74) is 1.25. The normalized spacial score (nSPS) is 9.64. The number of aromatic hydroxyl groups is 1. The van der Waals surface area contributed by atoms with Gasteiger partial charge < -0.3 is 5.11 Å². The number of aldehydes is 1. The number of hydrogen-bond donors (Lipinski definition) is 1. The van der Waals surface area contributed by atoms with E-state index in [1.807, 2.05) is 6.92 Å². The van der Waals surface area contributed by atoms with Crippen molar-refractivity contribution in [2.75, 3.05) is 0 Å². The van der Waals surface area contributed by atoms with E-state index in [1.165, 1.54) is 6.07 Å². The first-order valence-electron chi connectivity index (χ1n) is 3.10. The summed E-state index contributed by atoms with van der Waals surface area (Å²) in [5.74, 6) is 0.0116. The Morgan fingerprint density at radius 2 is 2.18 bits per heavy atom. The Morgan fingerprint density at radius 1 is 1.55 bits per heavy atom. The van der Waals surface area contributed by atoms with Crippen LogP contribution < -0.4 is 0 Å². The minimum absolute atomic E-state index is 0.0116. The van der Waals surface area contributed by atoms with Crippen molar-refractivity contribution in [3.8, 4) is 5.75 Å². The summed E-state index contributed by atoms with van der Waals surface area (Å²) >= 11 is 3.20. The van der Waals surface area contributed by atoms with Crippen LogP contribution in [0.5, 0.6) is 5.75 Å². The largest absolute Gasteiger partial charge is 0.507 e. The lowest BCUT2D eigenvalue weighted by molar-refractivity contribution is 0.112. The highest BCUT2D eigenvalue weighted by Crippen LogP contribution is 2.26. The molecule has 1 aromatic carbocycles. The summed E-state index contributed by atoms with van der Waals surface area (Å²) in [4.78, 5) is 10.4. The first-order chi connectivity index (χ1) is 5.16. The van der Waals surface area contributed by atoms with Crippen LogP contribution in [0.25, 0.3) is 0 Å². The van der Waals surface area contributed by atoms with Crippen molar-refractivity contribution in [1.29, 1.82) is 0 Å². The molecule has 0 aliphatic heterocycles. The molecule has 0 spiro atoms. The van der Waals surface area contributed by atoms with Crippen LogP contribution in [0.3, 0.4) is 0 Å². The summed E-state index contributed by atoms with van der Waals surface area (Å²) in [5, 5.41) is 9.15. The van der Waals surface area contributed by atoms with E-state index in [9.17, 15) is 4.79 Å². The molecule has 1 rings (SSSR count). The molecule has 1 N–H and O–H groups in total. The van der Waals surface area contributed by atoms with Gasteiger partial charge in [-0.1, -0.05) is 6.07 Å². The van der Waals surface area contributed by atoms with Gasteiger partial charge in [0.1, 0.15) is 5.75 Å². The molecule has 0 saturated carbocycles. The quantitative estimate of drug-likeness (QED) is 0.729. The Labute approximate surface area is 73.0 Å². The van der Waals surface area contributed by atoms with Gasteiger partial charge in [-0.3, -0.25) is 4.79 Å². The van der Waals surface area contributed by atoms with Gasteiger partial charge in [0.15, 0.2) is 6.29 Å². The molecule has 0 saturated heterocycles. The zero-order chi connectivity index (χ0) is 8.43. The predicted molar refractivity (Wildman–Crippen MR) is 45.9 cm³/mol. The molecule has 0 aliphatic carbocycles. The lowest BCUT2D eigenvalue weighted by atomic mass is 10.1. The Kier molecular flexibility index (Phi) is 2.29. The minimum Gasteiger partial charge on any atom is -0.507 e. The van der Waals surface area contributed by atoms with Gasteiger partial charge in [0.25, 0.3) is 0 Å². The monoisotopic (exact) mass is 214 g/mol. The smallest absolute Gasteiger partial charge is 0.154 e. The van der Waals surface area contributed by atoms with E-state index >= 15 is 0 Å². The third-order valence-electron chi connectivity index (χ3n) is 1.47. The number of aryl methyl sites for hydroxylation is 1. The van der Waals surface area contributed by atoms with Crippen molar-refractivity contribution in [3.63, 3.8) is 0 Å². The second-order valence-corrected chi connectivity index (χ2v) is 3.04. The van der Waals surface area contributed by atoms with E-state index < -0.39 is 0 Å². The predicted octanol–water partition coefficient (Wildman–Crippen LogP) is 2.28. The van der Waals surface area contributed by atoms with E-state index in [2.05, 4.69) is 15.9 Å². The topological polar surface area (TPSA) is 37.3 Å². The number of carbonyl (C=O) groups is 1. The second kappa shape index (κ2) is 3.05. The van der Waals surface area contributed by atoms with E-state index in [4.69, 9.17) is 5.11 Å². The third kappa shape index (κ3) is 1.43. The Morgan fingerprint density at radius 3 is 2.64 bits per heavy atom. The first-order valence-corrected chi connectivity index (χ1v) is 3.89. The van der Waals surface area contributed by atoms with Gasteiger partial charge in [-0.05, 0) is 34.5 Å². The summed E-state index contributed by atoms with van der Waals surface area (Å²) in [6, 6.07) is 3.25. The number of phenols is 1. The van der Waals surface area contributed by atoms with E-state index in [0.717, 1.165) is 5.56 Å². The molecule has 0 fully saturated rings. The lowest BCUT2D eigenvalue weighted by Crippen LogP contribution is -1.86. The maximum atomic E-state index is 10.4. The minimum atomic E-state index is 0.0116. The van der Waals surface area contributed by atoms with Crippen molar-refractivity contribution in [2.45, 2.75) is 6.92 Å². The van der Waals surface area contributed by atoms with E-state index in [1.54, 1.807) is 6.07 Å².